The molecule has 0 saturated carbocycles. The average molecular weight is 218 g/mol. The van der Waals surface area contributed by atoms with E-state index < -0.39 is 0 Å². The molecule has 1 aromatic carbocycles. The smallest absolute Gasteiger partial charge is 0.0237 e. The fourth-order valence-corrected chi connectivity index (χ4v) is 2.67. The highest BCUT2D eigenvalue weighted by molar-refractivity contribution is 5.25. The van der Waals surface area contributed by atoms with Gasteiger partial charge >= 0.3 is 0 Å². The van der Waals surface area contributed by atoms with Gasteiger partial charge in [0.1, 0.15) is 0 Å². The van der Waals surface area contributed by atoms with Crippen LogP contribution in [-0.4, -0.2) is 24.0 Å². The van der Waals surface area contributed by atoms with E-state index in [4.69, 9.17) is 5.73 Å². The third kappa shape index (κ3) is 2.83. The van der Waals surface area contributed by atoms with Crippen LogP contribution in [0.4, 0.5) is 0 Å². The Morgan fingerprint density at radius 2 is 2.06 bits per heavy atom. The van der Waals surface area contributed by atoms with Crippen molar-refractivity contribution in [2.24, 2.45) is 11.7 Å². The molecule has 1 aliphatic rings. The van der Waals surface area contributed by atoms with Crippen LogP contribution >= 0.6 is 0 Å². The Morgan fingerprint density at radius 3 is 2.75 bits per heavy atom. The Labute approximate surface area is 98.4 Å². The molecule has 1 fully saturated rings. The van der Waals surface area contributed by atoms with Crippen LogP contribution in [0, 0.1) is 12.8 Å². The van der Waals surface area contributed by atoms with Gasteiger partial charge in [-0.2, -0.15) is 0 Å². The molecule has 2 nitrogen and oxygen atoms in total. The predicted molar refractivity (Wildman–Crippen MR) is 68.2 cm³/mol. The number of nitrogens with zero attached hydrogens (tertiary/aromatic N) is 1. The molecule has 2 atom stereocenters. The molecule has 2 heteroatoms. The van der Waals surface area contributed by atoms with E-state index in [2.05, 4.69) is 43.0 Å². The summed E-state index contributed by atoms with van der Waals surface area (Å²) in [6, 6.07) is 8.98. The molecule has 0 radical (unpaired) electrons. The van der Waals surface area contributed by atoms with Crippen molar-refractivity contribution in [1.29, 1.82) is 0 Å². The summed E-state index contributed by atoms with van der Waals surface area (Å²) in [6.07, 6.45) is 1.17. The van der Waals surface area contributed by atoms with Gasteiger partial charge in [0.15, 0.2) is 0 Å². The molecule has 88 valence electrons. The molecule has 2 unspecified atom stereocenters. The lowest BCUT2D eigenvalue weighted by Crippen LogP contribution is -2.45. The summed E-state index contributed by atoms with van der Waals surface area (Å²) in [5.41, 5.74) is 8.88. The number of benzene rings is 1. The maximum atomic E-state index is 6.07. The van der Waals surface area contributed by atoms with Gasteiger partial charge in [0.05, 0.1) is 0 Å². The number of nitrogens with two attached hydrogens (primary N) is 1. The number of likely N-dealkylation sites (tertiary alicyclic amines) is 1. The molecule has 0 aliphatic carbocycles. The number of rotatable bonds is 2. The van der Waals surface area contributed by atoms with Gasteiger partial charge in [-0.05, 0) is 30.4 Å². The molecule has 1 aliphatic heterocycles. The van der Waals surface area contributed by atoms with Crippen molar-refractivity contribution in [2.45, 2.75) is 32.9 Å². The van der Waals surface area contributed by atoms with E-state index in [0.717, 1.165) is 19.0 Å². The van der Waals surface area contributed by atoms with Crippen LogP contribution in [0.5, 0.6) is 0 Å². The van der Waals surface area contributed by atoms with Crippen LogP contribution in [0.15, 0.2) is 24.3 Å². The van der Waals surface area contributed by atoms with Crippen molar-refractivity contribution >= 4 is 0 Å². The summed E-state index contributed by atoms with van der Waals surface area (Å²) < 4.78 is 0. The fraction of sp³-hybridized carbons (Fsp3) is 0.571. The molecule has 16 heavy (non-hydrogen) atoms. The maximum Gasteiger partial charge on any atom is 0.0237 e. The molecule has 0 amide bonds. The number of piperidine rings is 1. The van der Waals surface area contributed by atoms with Crippen molar-refractivity contribution in [2.75, 3.05) is 13.1 Å². The van der Waals surface area contributed by atoms with Crippen molar-refractivity contribution in [3.05, 3.63) is 35.4 Å². The molecule has 2 rings (SSSR count). The van der Waals surface area contributed by atoms with Crippen LogP contribution in [0.2, 0.25) is 0 Å². The zero-order chi connectivity index (χ0) is 11.5. The van der Waals surface area contributed by atoms with Gasteiger partial charge in [-0.1, -0.05) is 31.2 Å². The lowest BCUT2D eigenvalue weighted by molar-refractivity contribution is 0.158. The first-order valence-electron chi connectivity index (χ1n) is 6.17. The third-order valence-corrected chi connectivity index (χ3v) is 3.42. The topological polar surface area (TPSA) is 29.3 Å². The van der Waals surface area contributed by atoms with Gasteiger partial charge in [-0.15, -0.1) is 0 Å². The van der Waals surface area contributed by atoms with E-state index in [1.54, 1.807) is 0 Å². The summed E-state index contributed by atoms with van der Waals surface area (Å²) in [5, 5.41) is 0. The van der Waals surface area contributed by atoms with Crippen molar-refractivity contribution in [1.82, 2.24) is 4.90 Å². The Morgan fingerprint density at radius 1 is 1.31 bits per heavy atom. The molecular weight excluding hydrogens is 196 g/mol. The lowest BCUT2D eigenvalue weighted by Gasteiger charge is -2.35. The highest BCUT2D eigenvalue weighted by Gasteiger charge is 2.22. The molecule has 1 saturated heterocycles. The first-order chi connectivity index (χ1) is 7.65. The summed E-state index contributed by atoms with van der Waals surface area (Å²) >= 11 is 0. The molecule has 2 N–H and O–H groups in total. The summed E-state index contributed by atoms with van der Waals surface area (Å²) in [5.74, 6) is 0.729. The lowest BCUT2D eigenvalue weighted by atomic mass is 9.96. The Bertz CT molecular complexity index is 338. The molecule has 1 aromatic rings. The van der Waals surface area contributed by atoms with Gasteiger partial charge in [0.25, 0.3) is 0 Å². The van der Waals surface area contributed by atoms with E-state index in [1.165, 1.54) is 24.1 Å². The van der Waals surface area contributed by atoms with Crippen LogP contribution < -0.4 is 5.73 Å². The summed E-state index contributed by atoms with van der Waals surface area (Å²) in [6.45, 7) is 7.75. The Balaban J connectivity index is 2.02. The highest BCUT2D eigenvalue weighted by Crippen LogP contribution is 2.18. The van der Waals surface area contributed by atoms with Gasteiger partial charge in [0.2, 0.25) is 0 Å². The van der Waals surface area contributed by atoms with Gasteiger partial charge in [0, 0.05) is 25.7 Å². The number of aryl methyl sites for hydroxylation is 1. The molecule has 1 heterocycles. The molecular formula is C14H22N2. The van der Waals surface area contributed by atoms with E-state index in [9.17, 15) is 0 Å². The minimum absolute atomic E-state index is 0.354. The average Bonchev–Trinajstić information content (AvgIpc) is 2.20. The van der Waals surface area contributed by atoms with Gasteiger partial charge in [-0.25, -0.2) is 0 Å². The first-order valence-corrected chi connectivity index (χ1v) is 6.17. The zero-order valence-corrected chi connectivity index (χ0v) is 10.3. The molecule has 0 spiro atoms. The van der Waals surface area contributed by atoms with Crippen LogP contribution in [0.1, 0.15) is 24.5 Å². The van der Waals surface area contributed by atoms with Crippen LogP contribution in [0.3, 0.4) is 0 Å². The number of hydrogen-bond donors (Lipinski definition) is 1. The monoisotopic (exact) mass is 218 g/mol. The maximum absolute atomic E-state index is 6.07. The normalized spacial score (nSPS) is 26.9. The van der Waals surface area contributed by atoms with Gasteiger partial charge < -0.3 is 5.73 Å². The second-order valence-corrected chi connectivity index (χ2v) is 5.22. The number of hydrogen-bond acceptors (Lipinski definition) is 2. The minimum atomic E-state index is 0.354. The van der Waals surface area contributed by atoms with Crippen LogP contribution in [-0.2, 0) is 6.54 Å². The zero-order valence-electron chi connectivity index (χ0n) is 10.3. The van der Waals surface area contributed by atoms with E-state index in [1.807, 2.05) is 0 Å². The second-order valence-electron chi connectivity index (χ2n) is 5.22. The Kier molecular flexibility index (Phi) is 3.62. The highest BCUT2D eigenvalue weighted by atomic mass is 15.1. The third-order valence-electron chi connectivity index (χ3n) is 3.42. The fourth-order valence-electron chi connectivity index (χ4n) is 2.67. The van der Waals surface area contributed by atoms with Crippen molar-refractivity contribution in [3.63, 3.8) is 0 Å². The van der Waals surface area contributed by atoms with Crippen molar-refractivity contribution in [3.8, 4) is 0 Å². The second kappa shape index (κ2) is 4.98. The summed E-state index contributed by atoms with van der Waals surface area (Å²) in [4.78, 5) is 2.49. The molecule has 0 aromatic heterocycles. The standard InChI is InChI=1S/C14H22N2/c1-11-7-14(15)10-16(8-11)9-13-6-4-3-5-12(13)2/h3-6,11,14H,7-10,15H2,1-2H3. The van der Waals surface area contributed by atoms with E-state index >= 15 is 0 Å². The SMILES string of the molecule is Cc1ccccc1CN1CC(C)CC(N)C1. The molecule has 0 bridgehead atoms. The first kappa shape index (κ1) is 11.6. The van der Waals surface area contributed by atoms with Crippen LogP contribution in [0.25, 0.3) is 0 Å². The largest absolute Gasteiger partial charge is 0.327 e. The Hall–Kier alpha value is -0.860. The van der Waals surface area contributed by atoms with E-state index in [-0.39, 0.29) is 0 Å². The quantitative estimate of drug-likeness (QED) is 0.824. The van der Waals surface area contributed by atoms with Gasteiger partial charge in [-0.3, -0.25) is 4.90 Å². The summed E-state index contributed by atoms with van der Waals surface area (Å²) in [7, 11) is 0. The van der Waals surface area contributed by atoms with E-state index in [0.29, 0.717) is 6.04 Å². The predicted octanol–water partition coefficient (Wildman–Crippen LogP) is 2.16. The minimum Gasteiger partial charge on any atom is -0.327 e. The van der Waals surface area contributed by atoms with Crippen molar-refractivity contribution < 1.29 is 0 Å².